The van der Waals surface area contributed by atoms with Gasteiger partial charge in [-0.2, -0.15) is 0 Å². The van der Waals surface area contributed by atoms with E-state index in [9.17, 15) is 0 Å². The Bertz CT molecular complexity index is 340. The van der Waals surface area contributed by atoms with Gasteiger partial charge in [0.2, 0.25) is 0 Å². The van der Waals surface area contributed by atoms with Crippen LogP contribution < -0.4 is 5.32 Å². The van der Waals surface area contributed by atoms with Crippen LogP contribution in [-0.4, -0.2) is 43.2 Å². The predicted octanol–water partition coefficient (Wildman–Crippen LogP) is 1.66. The molecular weight excluding hydrogens is 226 g/mol. The first-order valence-corrected chi connectivity index (χ1v) is 6.48. The SMILES string of the molecule is CC(C)NCc1cccc(COCCN(C)C)n1. The molecule has 0 spiro atoms. The van der Waals surface area contributed by atoms with Crippen molar-refractivity contribution in [2.45, 2.75) is 33.0 Å². The summed E-state index contributed by atoms with van der Waals surface area (Å²) >= 11 is 0. The molecule has 4 nitrogen and oxygen atoms in total. The van der Waals surface area contributed by atoms with Crippen molar-refractivity contribution in [3.63, 3.8) is 0 Å². The van der Waals surface area contributed by atoms with E-state index in [0.29, 0.717) is 12.6 Å². The van der Waals surface area contributed by atoms with Crippen LogP contribution in [0.15, 0.2) is 18.2 Å². The molecule has 4 heteroatoms. The second-order valence-corrected chi connectivity index (χ2v) is 5.01. The van der Waals surface area contributed by atoms with E-state index in [1.54, 1.807) is 0 Å². The molecule has 1 aromatic rings. The van der Waals surface area contributed by atoms with Gasteiger partial charge in [0.25, 0.3) is 0 Å². The molecule has 0 saturated carbocycles. The summed E-state index contributed by atoms with van der Waals surface area (Å²) in [5.41, 5.74) is 2.06. The van der Waals surface area contributed by atoms with Crippen LogP contribution >= 0.6 is 0 Å². The van der Waals surface area contributed by atoms with Crippen molar-refractivity contribution >= 4 is 0 Å². The van der Waals surface area contributed by atoms with Gasteiger partial charge in [-0.3, -0.25) is 4.98 Å². The fourth-order valence-corrected chi connectivity index (χ4v) is 1.44. The first-order valence-electron chi connectivity index (χ1n) is 6.48. The minimum Gasteiger partial charge on any atom is -0.374 e. The molecule has 0 fully saturated rings. The zero-order valence-corrected chi connectivity index (χ0v) is 11.9. The third-order valence-corrected chi connectivity index (χ3v) is 2.49. The second kappa shape index (κ2) is 8.19. The smallest absolute Gasteiger partial charge is 0.0888 e. The number of ether oxygens (including phenoxy) is 1. The fraction of sp³-hybridized carbons (Fsp3) is 0.643. The Morgan fingerprint density at radius 3 is 2.67 bits per heavy atom. The monoisotopic (exact) mass is 251 g/mol. The third-order valence-electron chi connectivity index (χ3n) is 2.49. The second-order valence-electron chi connectivity index (χ2n) is 5.01. The zero-order valence-electron chi connectivity index (χ0n) is 11.9. The Morgan fingerprint density at radius 1 is 1.28 bits per heavy atom. The van der Waals surface area contributed by atoms with Gasteiger partial charge >= 0.3 is 0 Å². The van der Waals surface area contributed by atoms with Crippen LogP contribution in [0.25, 0.3) is 0 Å². The molecule has 0 atom stereocenters. The van der Waals surface area contributed by atoms with Crippen molar-refractivity contribution in [3.8, 4) is 0 Å². The largest absolute Gasteiger partial charge is 0.374 e. The molecule has 1 rings (SSSR count). The highest BCUT2D eigenvalue weighted by atomic mass is 16.5. The van der Waals surface area contributed by atoms with Gasteiger partial charge in [-0.15, -0.1) is 0 Å². The Kier molecular flexibility index (Phi) is 6.86. The summed E-state index contributed by atoms with van der Waals surface area (Å²) in [5.74, 6) is 0. The van der Waals surface area contributed by atoms with Gasteiger partial charge < -0.3 is 15.0 Å². The van der Waals surface area contributed by atoms with Gasteiger partial charge in [0.1, 0.15) is 0 Å². The summed E-state index contributed by atoms with van der Waals surface area (Å²) in [7, 11) is 4.08. The van der Waals surface area contributed by atoms with E-state index < -0.39 is 0 Å². The summed E-state index contributed by atoms with van der Waals surface area (Å²) in [6, 6.07) is 6.56. The van der Waals surface area contributed by atoms with Crippen molar-refractivity contribution in [1.82, 2.24) is 15.2 Å². The minimum atomic E-state index is 0.479. The lowest BCUT2D eigenvalue weighted by molar-refractivity contribution is 0.103. The Balaban J connectivity index is 2.34. The van der Waals surface area contributed by atoms with Gasteiger partial charge in [-0.25, -0.2) is 0 Å². The maximum absolute atomic E-state index is 5.59. The molecule has 0 aromatic carbocycles. The Morgan fingerprint density at radius 2 is 2.00 bits per heavy atom. The van der Waals surface area contributed by atoms with Crippen LogP contribution in [0.2, 0.25) is 0 Å². The molecule has 1 N–H and O–H groups in total. The fourth-order valence-electron chi connectivity index (χ4n) is 1.44. The molecule has 0 saturated heterocycles. The number of rotatable bonds is 8. The van der Waals surface area contributed by atoms with Crippen molar-refractivity contribution < 1.29 is 4.74 Å². The lowest BCUT2D eigenvalue weighted by Gasteiger charge is -2.11. The van der Waals surface area contributed by atoms with E-state index in [4.69, 9.17) is 4.74 Å². The van der Waals surface area contributed by atoms with E-state index in [1.165, 1.54) is 0 Å². The first kappa shape index (κ1) is 15.1. The minimum absolute atomic E-state index is 0.479. The molecule has 18 heavy (non-hydrogen) atoms. The van der Waals surface area contributed by atoms with E-state index in [2.05, 4.69) is 29.0 Å². The van der Waals surface area contributed by atoms with Crippen molar-refractivity contribution in [2.24, 2.45) is 0 Å². The van der Waals surface area contributed by atoms with E-state index in [-0.39, 0.29) is 0 Å². The molecule has 1 heterocycles. The van der Waals surface area contributed by atoms with E-state index in [0.717, 1.165) is 31.1 Å². The molecule has 102 valence electrons. The molecule has 0 aliphatic rings. The number of likely N-dealkylation sites (N-methyl/N-ethyl adjacent to an activating group) is 1. The number of aromatic nitrogens is 1. The number of pyridine rings is 1. The molecule has 0 bridgehead atoms. The standard InChI is InChI=1S/C14H25N3O/c1-12(2)15-10-13-6-5-7-14(16-13)11-18-9-8-17(3)4/h5-7,12,15H,8-11H2,1-4H3. The maximum Gasteiger partial charge on any atom is 0.0888 e. The summed E-state index contributed by atoms with van der Waals surface area (Å²) in [4.78, 5) is 6.67. The normalized spacial score (nSPS) is 11.4. The third kappa shape index (κ3) is 6.69. The van der Waals surface area contributed by atoms with Crippen LogP contribution in [0.3, 0.4) is 0 Å². The summed E-state index contributed by atoms with van der Waals surface area (Å²) < 4.78 is 5.59. The topological polar surface area (TPSA) is 37.4 Å². The highest BCUT2D eigenvalue weighted by molar-refractivity contribution is 5.10. The van der Waals surface area contributed by atoms with Crippen LogP contribution in [0.5, 0.6) is 0 Å². The highest BCUT2D eigenvalue weighted by Crippen LogP contribution is 2.01. The van der Waals surface area contributed by atoms with Crippen molar-refractivity contribution in [2.75, 3.05) is 27.2 Å². The summed E-state index contributed by atoms with van der Waals surface area (Å²) in [6.45, 7) is 7.34. The molecule has 0 unspecified atom stereocenters. The molecule has 0 radical (unpaired) electrons. The van der Waals surface area contributed by atoms with Crippen LogP contribution in [0.1, 0.15) is 25.2 Å². The lowest BCUT2D eigenvalue weighted by Crippen LogP contribution is -2.22. The lowest BCUT2D eigenvalue weighted by atomic mass is 10.3. The molecular formula is C14H25N3O. The van der Waals surface area contributed by atoms with Gasteiger partial charge in [0.05, 0.1) is 24.6 Å². The summed E-state index contributed by atoms with van der Waals surface area (Å²) in [6.07, 6.45) is 0. The quantitative estimate of drug-likeness (QED) is 0.713. The average molecular weight is 251 g/mol. The van der Waals surface area contributed by atoms with E-state index in [1.807, 2.05) is 32.3 Å². The first-order chi connectivity index (χ1) is 8.58. The van der Waals surface area contributed by atoms with E-state index >= 15 is 0 Å². The number of nitrogens with one attached hydrogen (secondary N) is 1. The van der Waals surface area contributed by atoms with Gasteiger partial charge in [-0.05, 0) is 26.2 Å². The maximum atomic E-state index is 5.59. The predicted molar refractivity (Wildman–Crippen MR) is 74.4 cm³/mol. The average Bonchev–Trinajstić information content (AvgIpc) is 2.32. The van der Waals surface area contributed by atoms with Crippen LogP contribution in [-0.2, 0) is 17.9 Å². The molecule has 0 amide bonds. The van der Waals surface area contributed by atoms with Gasteiger partial charge in [-0.1, -0.05) is 19.9 Å². The Hall–Kier alpha value is -0.970. The van der Waals surface area contributed by atoms with Crippen LogP contribution in [0, 0.1) is 0 Å². The number of nitrogens with zero attached hydrogens (tertiary/aromatic N) is 2. The Labute approximate surface area is 110 Å². The van der Waals surface area contributed by atoms with Gasteiger partial charge in [0.15, 0.2) is 0 Å². The molecule has 0 aliphatic heterocycles. The molecule has 1 aromatic heterocycles. The van der Waals surface area contributed by atoms with Crippen LogP contribution in [0.4, 0.5) is 0 Å². The van der Waals surface area contributed by atoms with Gasteiger partial charge in [0, 0.05) is 19.1 Å². The summed E-state index contributed by atoms with van der Waals surface area (Å²) in [5, 5.41) is 3.36. The molecule has 0 aliphatic carbocycles. The van der Waals surface area contributed by atoms with Crippen molar-refractivity contribution in [1.29, 1.82) is 0 Å². The number of hydrogen-bond donors (Lipinski definition) is 1. The highest BCUT2D eigenvalue weighted by Gasteiger charge is 2.00. The van der Waals surface area contributed by atoms with Crippen molar-refractivity contribution in [3.05, 3.63) is 29.6 Å². The number of hydrogen-bond acceptors (Lipinski definition) is 4. The zero-order chi connectivity index (χ0) is 13.4.